The van der Waals surface area contributed by atoms with Gasteiger partial charge < -0.3 is 14.8 Å². The summed E-state index contributed by atoms with van der Waals surface area (Å²) in [7, 11) is 1.52. The van der Waals surface area contributed by atoms with Crippen LogP contribution in [0, 0.1) is 5.82 Å². The van der Waals surface area contributed by atoms with Crippen LogP contribution in [0.1, 0.15) is 17.3 Å². The number of carbonyl (C=O) groups excluding carboxylic acids is 2. The van der Waals surface area contributed by atoms with E-state index < -0.39 is 23.8 Å². The molecule has 0 spiro atoms. The number of amides is 1. The summed E-state index contributed by atoms with van der Waals surface area (Å²) >= 11 is 0. The van der Waals surface area contributed by atoms with Gasteiger partial charge in [-0.2, -0.15) is 0 Å². The molecule has 0 heterocycles. The number of hydrogen-bond donors (Lipinski definition) is 1. The van der Waals surface area contributed by atoms with Gasteiger partial charge in [-0.05, 0) is 43.3 Å². The van der Waals surface area contributed by atoms with E-state index in [0.717, 1.165) is 12.1 Å². The van der Waals surface area contributed by atoms with Crippen molar-refractivity contribution in [2.45, 2.75) is 13.0 Å². The van der Waals surface area contributed by atoms with Crippen molar-refractivity contribution in [3.05, 3.63) is 59.9 Å². The van der Waals surface area contributed by atoms with Crippen LogP contribution in [0.15, 0.2) is 48.5 Å². The molecule has 120 valence electrons. The lowest BCUT2D eigenvalue weighted by Crippen LogP contribution is -2.30. The molecule has 0 bridgehead atoms. The van der Waals surface area contributed by atoms with E-state index in [0.29, 0.717) is 11.4 Å². The molecule has 1 amide bonds. The highest BCUT2D eigenvalue weighted by atomic mass is 19.1. The van der Waals surface area contributed by atoms with Crippen molar-refractivity contribution in [1.82, 2.24) is 0 Å². The minimum atomic E-state index is -1.00. The number of carbonyl (C=O) groups is 2. The molecule has 2 rings (SSSR count). The third kappa shape index (κ3) is 4.54. The Bertz CT molecular complexity index is 700. The maximum absolute atomic E-state index is 12.8. The number of benzene rings is 2. The molecule has 0 aliphatic heterocycles. The van der Waals surface area contributed by atoms with Crippen molar-refractivity contribution < 1.29 is 23.5 Å². The zero-order valence-electron chi connectivity index (χ0n) is 12.7. The molecule has 0 saturated carbocycles. The second-order valence-electron chi connectivity index (χ2n) is 4.78. The number of ether oxygens (including phenoxy) is 2. The van der Waals surface area contributed by atoms with Crippen LogP contribution in [0.2, 0.25) is 0 Å². The van der Waals surface area contributed by atoms with Crippen LogP contribution in [0.4, 0.5) is 10.1 Å². The first-order valence-electron chi connectivity index (χ1n) is 6.91. The molecule has 23 heavy (non-hydrogen) atoms. The molecular formula is C17H16FNO4. The fourth-order valence-electron chi connectivity index (χ4n) is 1.81. The van der Waals surface area contributed by atoms with Gasteiger partial charge in [0.1, 0.15) is 11.6 Å². The summed E-state index contributed by atoms with van der Waals surface area (Å²) in [5.41, 5.74) is 0.700. The van der Waals surface area contributed by atoms with E-state index in [1.165, 1.54) is 26.2 Å². The Morgan fingerprint density at radius 2 is 1.83 bits per heavy atom. The molecule has 0 aromatic heterocycles. The minimum absolute atomic E-state index is 0.174. The predicted molar refractivity (Wildman–Crippen MR) is 82.9 cm³/mol. The van der Waals surface area contributed by atoms with Gasteiger partial charge in [0, 0.05) is 11.8 Å². The highest BCUT2D eigenvalue weighted by molar-refractivity contribution is 5.97. The monoisotopic (exact) mass is 317 g/mol. The number of hydrogen-bond acceptors (Lipinski definition) is 4. The van der Waals surface area contributed by atoms with Gasteiger partial charge in [0.2, 0.25) is 0 Å². The van der Waals surface area contributed by atoms with Crippen LogP contribution in [0.25, 0.3) is 0 Å². The summed E-state index contributed by atoms with van der Waals surface area (Å²) in [5.74, 6) is -1.03. The Morgan fingerprint density at radius 1 is 1.13 bits per heavy atom. The number of nitrogens with one attached hydrogen (secondary N) is 1. The maximum Gasteiger partial charge on any atom is 0.338 e. The first-order chi connectivity index (χ1) is 11.0. The van der Waals surface area contributed by atoms with Crippen molar-refractivity contribution in [3.8, 4) is 5.75 Å². The summed E-state index contributed by atoms with van der Waals surface area (Å²) in [6.07, 6.45) is -1.00. The van der Waals surface area contributed by atoms with Gasteiger partial charge in [0.25, 0.3) is 5.91 Å². The molecule has 2 aromatic carbocycles. The van der Waals surface area contributed by atoms with Crippen molar-refractivity contribution in [2.75, 3.05) is 12.4 Å². The Balaban J connectivity index is 1.96. The molecule has 1 atom stereocenters. The standard InChI is InChI=1S/C17H16FNO4/c1-11(23-17(21)12-6-8-13(18)9-7-12)16(20)19-14-4-3-5-15(10-14)22-2/h3-11H,1-2H3,(H,19,20)/t11-/m1/s1. The first kappa shape index (κ1) is 16.5. The molecule has 0 aliphatic carbocycles. The van der Waals surface area contributed by atoms with E-state index in [9.17, 15) is 14.0 Å². The van der Waals surface area contributed by atoms with Gasteiger partial charge >= 0.3 is 5.97 Å². The van der Waals surface area contributed by atoms with Gasteiger partial charge in [-0.25, -0.2) is 9.18 Å². The largest absolute Gasteiger partial charge is 0.497 e. The second kappa shape index (κ2) is 7.40. The minimum Gasteiger partial charge on any atom is -0.497 e. The van der Waals surface area contributed by atoms with Crippen LogP contribution in [-0.2, 0) is 9.53 Å². The van der Waals surface area contributed by atoms with E-state index >= 15 is 0 Å². The molecule has 0 radical (unpaired) electrons. The SMILES string of the molecule is COc1cccc(NC(=O)[C@@H](C)OC(=O)c2ccc(F)cc2)c1. The number of rotatable bonds is 5. The lowest BCUT2D eigenvalue weighted by Gasteiger charge is -2.14. The Morgan fingerprint density at radius 3 is 2.48 bits per heavy atom. The summed E-state index contributed by atoms with van der Waals surface area (Å²) in [4.78, 5) is 23.9. The predicted octanol–water partition coefficient (Wildman–Crippen LogP) is 3.02. The highest BCUT2D eigenvalue weighted by Crippen LogP contribution is 2.17. The molecule has 0 aliphatic rings. The Kier molecular flexibility index (Phi) is 5.30. The Hall–Kier alpha value is -2.89. The van der Waals surface area contributed by atoms with Gasteiger partial charge in [0.15, 0.2) is 6.10 Å². The number of esters is 1. The van der Waals surface area contributed by atoms with Gasteiger partial charge in [-0.1, -0.05) is 6.07 Å². The summed E-state index contributed by atoms with van der Waals surface area (Å²) < 4.78 is 22.9. The molecule has 0 unspecified atom stereocenters. The molecule has 2 aromatic rings. The fraction of sp³-hybridized carbons (Fsp3) is 0.176. The summed E-state index contributed by atoms with van der Waals surface area (Å²) in [6.45, 7) is 1.46. The number of methoxy groups -OCH3 is 1. The molecule has 0 fully saturated rings. The fourth-order valence-corrected chi connectivity index (χ4v) is 1.81. The quantitative estimate of drug-likeness (QED) is 0.861. The molecule has 5 nitrogen and oxygen atoms in total. The average Bonchev–Trinajstić information content (AvgIpc) is 2.55. The lowest BCUT2D eigenvalue weighted by molar-refractivity contribution is -0.123. The molecular weight excluding hydrogens is 301 g/mol. The van der Waals surface area contributed by atoms with Gasteiger partial charge in [0.05, 0.1) is 12.7 Å². The van der Waals surface area contributed by atoms with E-state index in [-0.39, 0.29) is 5.56 Å². The van der Waals surface area contributed by atoms with Crippen LogP contribution in [0.3, 0.4) is 0 Å². The van der Waals surface area contributed by atoms with E-state index in [1.807, 2.05) is 0 Å². The normalized spacial score (nSPS) is 11.4. The van der Waals surface area contributed by atoms with Crippen LogP contribution in [0.5, 0.6) is 5.75 Å². The molecule has 1 N–H and O–H groups in total. The maximum atomic E-state index is 12.8. The van der Waals surface area contributed by atoms with Gasteiger partial charge in [-0.3, -0.25) is 4.79 Å². The van der Waals surface area contributed by atoms with E-state index in [2.05, 4.69) is 5.32 Å². The topological polar surface area (TPSA) is 64.6 Å². The zero-order valence-corrected chi connectivity index (χ0v) is 12.7. The van der Waals surface area contributed by atoms with Crippen molar-refractivity contribution >= 4 is 17.6 Å². The average molecular weight is 317 g/mol. The first-order valence-corrected chi connectivity index (χ1v) is 6.91. The Labute approximate surface area is 133 Å². The third-order valence-electron chi connectivity index (χ3n) is 3.07. The number of halogens is 1. The van der Waals surface area contributed by atoms with Crippen LogP contribution in [-0.4, -0.2) is 25.1 Å². The highest BCUT2D eigenvalue weighted by Gasteiger charge is 2.19. The molecule has 0 saturated heterocycles. The van der Waals surface area contributed by atoms with Gasteiger partial charge in [-0.15, -0.1) is 0 Å². The number of anilines is 1. The van der Waals surface area contributed by atoms with E-state index in [4.69, 9.17) is 9.47 Å². The second-order valence-corrected chi connectivity index (χ2v) is 4.78. The molecule has 6 heteroatoms. The smallest absolute Gasteiger partial charge is 0.338 e. The van der Waals surface area contributed by atoms with E-state index in [1.54, 1.807) is 24.3 Å². The zero-order chi connectivity index (χ0) is 16.8. The van der Waals surface area contributed by atoms with Crippen LogP contribution >= 0.6 is 0 Å². The summed E-state index contributed by atoms with van der Waals surface area (Å²) in [5, 5.41) is 2.63. The third-order valence-corrected chi connectivity index (χ3v) is 3.07. The van der Waals surface area contributed by atoms with Crippen molar-refractivity contribution in [1.29, 1.82) is 0 Å². The van der Waals surface area contributed by atoms with Crippen molar-refractivity contribution in [2.24, 2.45) is 0 Å². The van der Waals surface area contributed by atoms with Crippen molar-refractivity contribution in [3.63, 3.8) is 0 Å². The lowest BCUT2D eigenvalue weighted by atomic mass is 10.2. The summed E-state index contributed by atoms with van der Waals surface area (Å²) in [6, 6.07) is 11.7. The van der Waals surface area contributed by atoms with Crippen LogP contribution < -0.4 is 10.1 Å².